The summed E-state index contributed by atoms with van der Waals surface area (Å²) in [5.41, 5.74) is 2.24. The number of amides is 1. The molecule has 0 aromatic carbocycles. The van der Waals surface area contributed by atoms with E-state index in [-0.39, 0.29) is 6.04 Å². The molecule has 0 aliphatic rings. The number of thiazole rings is 1. The smallest absolute Gasteiger partial charge is 0.332 e. The van der Waals surface area contributed by atoms with Crippen molar-refractivity contribution in [2.45, 2.75) is 32.9 Å². The fourth-order valence-electron chi connectivity index (χ4n) is 1.43. The molecule has 5 nitrogen and oxygen atoms in total. The first kappa shape index (κ1) is 12.6. The molecule has 0 bridgehead atoms. The second kappa shape index (κ2) is 5.07. The van der Waals surface area contributed by atoms with Gasteiger partial charge in [-0.25, -0.2) is 9.78 Å². The van der Waals surface area contributed by atoms with Gasteiger partial charge in [0.05, 0.1) is 16.1 Å². The number of hydrogen-bond donors (Lipinski definition) is 1. The van der Waals surface area contributed by atoms with E-state index in [1.807, 2.05) is 0 Å². The molecule has 0 saturated heterocycles. The van der Waals surface area contributed by atoms with E-state index in [1.165, 1.54) is 16.2 Å². The quantitative estimate of drug-likeness (QED) is 0.793. The van der Waals surface area contributed by atoms with Gasteiger partial charge in [0, 0.05) is 6.04 Å². The van der Waals surface area contributed by atoms with Crippen molar-refractivity contribution in [3.63, 3.8) is 0 Å². The fourth-order valence-corrected chi connectivity index (χ4v) is 2.33. The standard InChI is InChI=1S/C10H14N2O3S/c1-6(2)12(5-13)8(10(14)15)9-7(3)11-4-16-9/h4-6,8H,1-3H3,(H,14,15). The second-order valence-electron chi connectivity index (χ2n) is 3.69. The van der Waals surface area contributed by atoms with Gasteiger partial charge in [-0.2, -0.15) is 0 Å². The maximum atomic E-state index is 11.2. The van der Waals surface area contributed by atoms with E-state index in [2.05, 4.69) is 4.98 Å². The Kier molecular flexibility index (Phi) is 4.00. The molecule has 0 saturated carbocycles. The molecule has 6 heteroatoms. The number of carbonyl (C=O) groups excluding carboxylic acids is 1. The summed E-state index contributed by atoms with van der Waals surface area (Å²) in [6, 6.07) is -1.11. The third-order valence-electron chi connectivity index (χ3n) is 2.28. The van der Waals surface area contributed by atoms with Crippen LogP contribution in [-0.2, 0) is 9.59 Å². The van der Waals surface area contributed by atoms with Gasteiger partial charge < -0.3 is 10.0 Å². The molecule has 1 unspecified atom stereocenters. The van der Waals surface area contributed by atoms with Gasteiger partial charge in [-0.3, -0.25) is 4.79 Å². The van der Waals surface area contributed by atoms with Crippen LogP contribution in [0.3, 0.4) is 0 Å². The number of aryl methyl sites for hydroxylation is 1. The maximum Gasteiger partial charge on any atom is 0.332 e. The molecular weight excluding hydrogens is 228 g/mol. The monoisotopic (exact) mass is 242 g/mol. The van der Waals surface area contributed by atoms with Gasteiger partial charge in [0.15, 0.2) is 6.04 Å². The van der Waals surface area contributed by atoms with Crippen molar-refractivity contribution in [3.05, 3.63) is 16.1 Å². The van der Waals surface area contributed by atoms with Crippen LogP contribution in [0.25, 0.3) is 0 Å². The molecule has 0 spiro atoms. The normalized spacial score (nSPS) is 12.5. The van der Waals surface area contributed by atoms with Gasteiger partial charge in [0.2, 0.25) is 6.41 Å². The molecule has 1 amide bonds. The summed E-state index contributed by atoms with van der Waals surface area (Å²) in [7, 11) is 0. The zero-order valence-corrected chi connectivity index (χ0v) is 10.2. The lowest BCUT2D eigenvalue weighted by Gasteiger charge is -2.28. The van der Waals surface area contributed by atoms with Crippen LogP contribution in [0.2, 0.25) is 0 Å². The minimum atomic E-state index is -1.03. The van der Waals surface area contributed by atoms with Crippen LogP contribution in [0, 0.1) is 6.92 Å². The lowest BCUT2D eigenvalue weighted by Crippen LogP contribution is -2.37. The Balaban J connectivity index is 3.14. The zero-order chi connectivity index (χ0) is 12.3. The van der Waals surface area contributed by atoms with Crippen LogP contribution in [0.4, 0.5) is 0 Å². The molecule has 1 rings (SSSR count). The summed E-state index contributed by atoms with van der Waals surface area (Å²) in [4.78, 5) is 28.1. The Hall–Kier alpha value is -1.43. The molecule has 0 radical (unpaired) electrons. The Morgan fingerprint density at radius 3 is 2.56 bits per heavy atom. The van der Waals surface area contributed by atoms with Crippen LogP contribution < -0.4 is 0 Å². The summed E-state index contributed by atoms with van der Waals surface area (Å²) >= 11 is 1.25. The average Bonchev–Trinajstić information content (AvgIpc) is 2.59. The summed E-state index contributed by atoms with van der Waals surface area (Å²) < 4.78 is 0. The van der Waals surface area contributed by atoms with Crippen LogP contribution in [0.1, 0.15) is 30.5 Å². The van der Waals surface area contributed by atoms with E-state index in [9.17, 15) is 14.7 Å². The molecule has 1 N–H and O–H groups in total. The second-order valence-corrected chi connectivity index (χ2v) is 4.58. The van der Waals surface area contributed by atoms with Crippen molar-refractivity contribution >= 4 is 23.7 Å². The van der Waals surface area contributed by atoms with Gasteiger partial charge >= 0.3 is 5.97 Å². The van der Waals surface area contributed by atoms with Crippen LogP contribution in [-0.4, -0.2) is 33.4 Å². The number of rotatable bonds is 5. The Morgan fingerprint density at radius 1 is 1.62 bits per heavy atom. The van der Waals surface area contributed by atoms with Gasteiger partial charge in [-0.1, -0.05) is 0 Å². The summed E-state index contributed by atoms with van der Waals surface area (Å²) in [6.07, 6.45) is 0.572. The fraction of sp³-hybridized carbons (Fsp3) is 0.500. The SMILES string of the molecule is Cc1ncsc1C(C(=O)O)N(C=O)C(C)C. The van der Waals surface area contributed by atoms with Crippen molar-refractivity contribution in [3.8, 4) is 0 Å². The van der Waals surface area contributed by atoms with Gasteiger partial charge in [-0.15, -0.1) is 11.3 Å². The molecule has 1 heterocycles. The van der Waals surface area contributed by atoms with Crippen LogP contribution in [0.15, 0.2) is 5.51 Å². The molecular formula is C10H14N2O3S. The highest BCUT2D eigenvalue weighted by Crippen LogP contribution is 2.27. The molecule has 0 fully saturated rings. The summed E-state index contributed by atoms with van der Waals surface area (Å²) in [5.74, 6) is -1.03. The molecule has 1 atom stereocenters. The van der Waals surface area contributed by atoms with Crippen molar-refractivity contribution < 1.29 is 14.7 Å². The van der Waals surface area contributed by atoms with Crippen molar-refractivity contribution in [2.24, 2.45) is 0 Å². The molecule has 1 aromatic rings. The number of hydrogen-bond acceptors (Lipinski definition) is 4. The molecule has 88 valence electrons. The van der Waals surface area contributed by atoms with Gasteiger partial charge in [-0.05, 0) is 20.8 Å². The number of aromatic nitrogens is 1. The summed E-state index contributed by atoms with van der Waals surface area (Å²) in [5, 5.41) is 9.20. The first-order chi connectivity index (χ1) is 7.49. The number of carboxylic acids is 1. The Labute approximate surface area is 97.7 Å². The Bertz CT molecular complexity index is 389. The lowest BCUT2D eigenvalue weighted by atomic mass is 10.1. The predicted molar refractivity (Wildman–Crippen MR) is 60.3 cm³/mol. The van der Waals surface area contributed by atoms with E-state index in [0.29, 0.717) is 17.0 Å². The topological polar surface area (TPSA) is 70.5 Å². The number of carboxylic acid groups (broad SMARTS) is 1. The van der Waals surface area contributed by atoms with E-state index in [0.717, 1.165) is 0 Å². The van der Waals surface area contributed by atoms with E-state index >= 15 is 0 Å². The summed E-state index contributed by atoms with van der Waals surface area (Å²) in [6.45, 7) is 5.30. The first-order valence-electron chi connectivity index (χ1n) is 4.84. The number of aliphatic carboxylic acids is 1. The van der Waals surface area contributed by atoms with Gasteiger partial charge in [0.25, 0.3) is 0 Å². The minimum absolute atomic E-state index is 0.167. The van der Waals surface area contributed by atoms with Crippen molar-refractivity contribution in [2.75, 3.05) is 0 Å². The average molecular weight is 242 g/mol. The van der Waals surface area contributed by atoms with E-state index in [1.54, 1.807) is 26.3 Å². The number of nitrogens with zero attached hydrogens (tertiary/aromatic N) is 2. The van der Waals surface area contributed by atoms with Crippen LogP contribution in [0.5, 0.6) is 0 Å². The maximum absolute atomic E-state index is 11.2. The third kappa shape index (κ3) is 2.38. The molecule has 0 aliphatic carbocycles. The van der Waals surface area contributed by atoms with Crippen molar-refractivity contribution in [1.29, 1.82) is 0 Å². The van der Waals surface area contributed by atoms with E-state index < -0.39 is 12.0 Å². The Morgan fingerprint density at radius 2 is 2.25 bits per heavy atom. The van der Waals surface area contributed by atoms with Gasteiger partial charge in [0.1, 0.15) is 0 Å². The van der Waals surface area contributed by atoms with E-state index in [4.69, 9.17) is 0 Å². The molecule has 1 aromatic heterocycles. The predicted octanol–water partition coefficient (Wildman–Crippen LogP) is 1.44. The number of carbonyl (C=O) groups is 2. The highest BCUT2D eigenvalue weighted by Gasteiger charge is 2.31. The highest BCUT2D eigenvalue weighted by molar-refractivity contribution is 7.10. The zero-order valence-electron chi connectivity index (χ0n) is 9.38. The minimum Gasteiger partial charge on any atom is -0.479 e. The highest BCUT2D eigenvalue weighted by atomic mass is 32.1. The molecule has 0 aliphatic heterocycles. The first-order valence-corrected chi connectivity index (χ1v) is 5.72. The van der Waals surface area contributed by atoms with Crippen LogP contribution >= 0.6 is 11.3 Å². The lowest BCUT2D eigenvalue weighted by molar-refractivity contribution is -0.147. The molecule has 16 heavy (non-hydrogen) atoms. The largest absolute Gasteiger partial charge is 0.479 e. The van der Waals surface area contributed by atoms with Crippen molar-refractivity contribution in [1.82, 2.24) is 9.88 Å². The third-order valence-corrected chi connectivity index (χ3v) is 3.26.